The monoisotopic (exact) mass is 546 g/mol. The van der Waals surface area contributed by atoms with E-state index in [0.29, 0.717) is 17.9 Å². The molecule has 0 aliphatic carbocycles. The van der Waals surface area contributed by atoms with Crippen LogP contribution in [0, 0.1) is 6.92 Å². The summed E-state index contributed by atoms with van der Waals surface area (Å²) in [5.41, 5.74) is 5.23. The van der Waals surface area contributed by atoms with Crippen molar-refractivity contribution in [2.24, 2.45) is 0 Å². The van der Waals surface area contributed by atoms with Gasteiger partial charge in [-0.3, -0.25) is 9.69 Å². The van der Waals surface area contributed by atoms with E-state index in [1.54, 1.807) is 38.3 Å². The van der Waals surface area contributed by atoms with Crippen molar-refractivity contribution in [1.29, 1.82) is 0 Å². The van der Waals surface area contributed by atoms with Gasteiger partial charge in [-0.15, -0.1) is 0 Å². The highest BCUT2D eigenvalue weighted by Gasteiger charge is 2.31. The number of carbonyl (C=O) groups excluding carboxylic acids is 2. The number of aromatic hydroxyl groups is 1. The van der Waals surface area contributed by atoms with E-state index in [-0.39, 0.29) is 30.3 Å². The minimum absolute atomic E-state index is 0.0315. The number of phenolic OH excluding ortho intramolecular Hbond substituents is 1. The molecular weight excluding hydrogens is 508 g/mol. The predicted molar refractivity (Wildman–Crippen MR) is 154 cm³/mol. The van der Waals surface area contributed by atoms with Crippen molar-refractivity contribution >= 4 is 11.9 Å². The summed E-state index contributed by atoms with van der Waals surface area (Å²) in [6.07, 6.45) is 1.71. The van der Waals surface area contributed by atoms with Crippen LogP contribution < -0.4 is 14.8 Å². The maximum Gasteiger partial charge on any atom is 0.341 e. The van der Waals surface area contributed by atoms with E-state index in [4.69, 9.17) is 14.2 Å². The first kappa shape index (κ1) is 29.0. The van der Waals surface area contributed by atoms with Gasteiger partial charge in [0.05, 0.1) is 32.9 Å². The molecule has 8 heteroatoms. The summed E-state index contributed by atoms with van der Waals surface area (Å²) in [5, 5.41) is 13.0. The Kier molecular flexibility index (Phi) is 9.32. The fraction of sp³-hybridized carbons (Fsp3) is 0.375. The van der Waals surface area contributed by atoms with E-state index in [1.165, 1.54) is 7.11 Å². The second kappa shape index (κ2) is 12.9. The highest BCUT2D eigenvalue weighted by Crippen LogP contribution is 2.32. The molecule has 1 amide bonds. The van der Waals surface area contributed by atoms with E-state index in [9.17, 15) is 14.7 Å². The Morgan fingerprint density at radius 2 is 1.88 bits per heavy atom. The molecule has 8 nitrogen and oxygen atoms in total. The molecule has 0 unspecified atom stereocenters. The van der Waals surface area contributed by atoms with Crippen molar-refractivity contribution in [1.82, 2.24) is 10.2 Å². The molecule has 40 heavy (non-hydrogen) atoms. The predicted octanol–water partition coefficient (Wildman–Crippen LogP) is 5.40. The van der Waals surface area contributed by atoms with Crippen LogP contribution in [0.25, 0.3) is 11.1 Å². The van der Waals surface area contributed by atoms with Crippen molar-refractivity contribution in [2.75, 3.05) is 27.4 Å². The lowest BCUT2D eigenvalue weighted by Gasteiger charge is -2.26. The smallest absolute Gasteiger partial charge is 0.341 e. The second-order valence-electron chi connectivity index (χ2n) is 10.1. The Labute approximate surface area is 235 Å². The van der Waals surface area contributed by atoms with Crippen LogP contribution in [0.1, 0.15) is 59.8 Å². The van der Waals surface area contributed by atoms with Crippen LogP contribution in [0.2, 0.25) is 0 Å². The third-order valence-electron chi connectivity index (χ3n) is 7.35. The Balaban J connectivity index is 1.49. The summed E-state index contributed by atoms with van der Waals surface area (Å²) >= 11 is 0. The molecule has 0 saturated carbocycles. The molecule has 1 heterocycles. The molecule has 2 N–H and O–H groups in total. The number of aryl methyl sites for hydroxylation is 1. The van der Waals surface area contributed by atoms with Gasteiger partial charge in [-0.25, -0.2) is 4.79 Å². The quantitative estimate of drug-likeness (QED) is 0.329. The molecule has 1 saturated heterocycles. The number of rotatable bonds is 10. The van der Waals surface area contributed by atoms with Crippen LogP contribution in [0.5, 0.6) is 17.2 Å². The van der Waals surface area contributed by atoms with E-state index < -0.39 is 5.97 Å². The number of likely N-dealkylation sites (tertiary alicyclic amines) is 1. The number of nitrogens with zero attached hydrogens (tertiary/aromatic N) is 1. The number of esters is 1. The number of benzene rings is 3. The Morgan fingerprint density at radius 3 is 2.58 bits per heavy atom. The number of hydrogen-bond donors (Lipinski definition) is 2. The van der Waals surface area contributed by atoms with Crippen LogP contribution >= 0.6 is 0 Å². The van der Waals surface area contributed by atoms with Crippen LogP contribution in [-0.4, -0.2) is 55.3 Å². The summed E-state index contributed by atoms with van der Waals surface area (Å²) in [5.74, 6) is 0.922. The van der Waals surface area contributed by atoms with Crippen molar-refractivity contribution in [3.05, 3.63) is 76.9 Å². The molecule has 3 aromatic carbocycles. The number of amides is 1. The molecule has 1 aliphatic heterocycles. The molecule has 4 rings (SSSR count). The summed E-state index contributed by atoms with van der Waals surface area (Å²) < 4.78 is 16.1. The van der Waals surface area contributed by atoms with Gasteiger partial charge in [0.15, 0.2) is 0 Å². The van der Waals surface area contributed by atoms with Crippen molar-refractivity contribution in [3.63, 3.8) is 0 Å². The lowest BCUT2D eigenvalue weighted by atomic mass is 9.98. The number of nitrogens with one attached hydrogen (secondary N) is 1. The van der Waals surface area contributed by atoms with Crippen molar-refractivity contribution < 1.29 is 28.9 Å². The van der Waals surface area contributed by atoms with Gasteiger partial charge in [-0.2, -0.15) is 0 Å². The average molecular weight is 547 g/mol. The van der Waals surface area contributed by atoms with E-state index in [2.05, 4.69) is 16.3 Å². The molecule has 1 aliphatic rings. The van der Waals surface area contributed by atoms with E-state index in [0.717, 1.165) is 53.0 Å². The van der Waals surface area contributed by atoms with Crippen molar-refractivity contribution in [2.45, 2.75) is 52.2 Å². The maximum absolute atomic E-state index is 13.4. The van der Waals surface area contributed by atoms with Gasteiger partial charge in [0.1, 0.15) is 22.8 Å². The summed E-state index contributed by atoms with van der Waals surface area (Å²) in [6.45, 7) is 7.35. The molecule has 212 valence electrons. The maximum atomic E-state index is 13.4. The van der Waals surface area contributed by atoms with Gasteiger partial charge < -0.3 is 24.6 Å². The summed E-state index contributed by atoms with van der Waals surface area (Å²) in [7, 11) is 3.16. The first-order chi connectivity index (χ1) is 19.2. The van der Waals surface area contributed by atoms with Crippen molar-refractivity contribution in [3.8, 4) is 28.4 Å². The molecule has 2 atom stereocenters. The minimum Gasteiger partial charge on any atom is -0.508 e. The molecular formula is C32H38N2O6. The number of hydrogen-bond acceptors (Lipinski definition) is 7. The van der Waals surface area contributed by atoms with Crippen LogP contribution in [0.3, 0.4) is 0 Å². The first-order valence-corrected chi connectivity index (χ1v) is 13.6. The van der Waals surface area contributed by atoms with Gasteiger partial charge in [-0.1, -0.05) is 12.1 Å². The van der Waals surface area contributed by atoms with Gasteiger partial charge in [0.25, 0.3) is 0 Å². The minimum atomic E-state index is -0.439. The molecule has 1 fully saturated rings. The third-order valence-corrected chi connectivity index (χ3v) is 7.35. The largest absolute Gasteiger partial charge is 0.508 e. The standard InChI is InChI=1S/C32H38N2O6/c1-6-40-32(37)28-11-9-23(18-30(28)39-5)21(3)33-31(36)29-8-7-13-34(29)19-22-15-24(17-26(16-22)38-4)27-12-10-25(35)14-20(27)2/h9-12,14-18,21,29,35H,6-8,13,19H2,1-5H3,(H,33,36)/t21-,29+/m0/s1. The highest BCUT2D eigenvalue weighted by molar-refractivity contribution is 5.92. The number of carbonyl (C=O) groups is 2. The zero-order chi connectivity index (χ0) is 28.8. The molecule has 0 spiro atoms. The fourth-order valence-electron chi connectivity index (χ4n) is 5.29. The molecule has 0 bridgehead atoms. The molecule has 0 radical (unpaired) electrons. The van der Waals surface area contributed by atoms with E-state index >= 15 is 0 Å². The zero-order valence-electron chi connectivity index (χ0n) is 23.8. The van der Waals surface area contributed by atoms with Gasteiger partial charge in [0.2, 0.25) is 5.91 Å². The third kappa shape index (κ3) is 6.57. The van der Waals surface area contributed by atoms with Gasteiger partial charge in [0, 0.05) is 6.54 Å². The summed E-state index contributed by atoms with van der Waals surface area (Å²) in [6, 6.07) is 16.2. The second-order valence-corrected chi connectivity index (χ2v) is 10.1. The fourth-order valence-corrected chi connectivity index (χ4v) is 5.29. The normalized spacial score (nSPS) is 15.9. The zero-order valence-corrected chi connectivity index (χ0v) is 23.8. The Bertz CT molecular complexity index is 1370. The number of ether oxygens (including phenoxy) is 3. The van der Waals surface area contributed by atoms with Gasteiger partial charge >= 0.3 is 5.97 Å². The lowest BCUT2D eigenvalue weighted by molar-refractivity contribution is -0.126. The highest BCUT2D eigenvalue weighted by atomic mass is 16.5. The topological polar surface area (TPSA) is 97.3 Å². The summed E-state index contributed by atoms with van der Waals surface area (Å²) in [4.78, 5) is 27.8. The SMILES string of the molecule is CCOC(=O)c1ccc([C@H](C)NC(=O)[C@H]2CCCN2Cc2cc(OC)cc(-c3ccc(O)cc3C)c2)cc1OC. The average Bonchev–Trinajstić information content (AvgIpc) is 3.40. The van der Waals surface area contributed by atoms with Crippen LogP contribution in [0.4, 0.5) is 0 Å². The van der Waals surface area contributed by atoms with E-state index in [1.807, 2.05) is 38.1 Å². The first-order valence-electron chi connectivity index (χ1n) is 13.6. The van der Waals surface area contributed by atoms with Crippen LogP contribution in [0.15, 0.2) is 54.6 Å². The molecule has 3 aromatic rings. The number of methoxy groups -OCH3 is 2. The number of phenols is 1. The van der Waals surface area contributed by atoms with Crippen LogP contribution in [-0.2, 0) is 16.1 Å². The molecule has 0 aromatic heterocycles. The Hall–Kier alpha value is -4.04. The Morgan fingerprint density at radius 1 is 1.07 bits per heavy atom. The van der Waals surface area contributed by atoms with Gasteiger partial charge in [-0.05, 0) is 110 Å². The lowest BCUT2D eigenvalue weighted by Crippen LogP contribution is -2.43.